The molecule has 3 aromatic rings. The number of benzene rings is 1. The van der Waals surface area contributed by atoms with Gasteiger partial charge in [-0.3, -0.25) is 9.48 Å². The Morgan fingerprint density at radius 2 is 2.16 bits per heavy atom. The molecule has 0 saturated heterocycles. The molecule has 0 aliphatic carbocycles. The summed E-state index contributed by atoms with van der Waals surface area (Å²) >= 11 is 3.47. The number of hydrogen-bond donors (Lipinski definition) is 2. The number of nitrogens with two attached hydrogens (primary N) is 1. The summed E-state index contributed by atoms with van der Waals surface area (Å²) in [6.07, 6.45) is -1.78. The van der Waals surface area contributed by atoms with Crippen LogP contribution in [0.5, 0.6) is 0 Å². The van der Waals surface area contributed by atoms with Gasteiger partial charge in [-0.2, -0.15) is 18.3 Å². The fraction of sp³-hybridized carbons (Fsp3) is 0.333. The summed E-state index contributed by atoms with van der Waals surface area (Å²) in [5, 5.41) is 6.87. The van der Waals surface area contributed by atoms with Crippen LogP contribution in [0.25, 0.3) is 11.3 Å². The van der Waals surface area contributed by atoms with Crippen LogP contribution in [0.15, 0.2) is 36.5 Å². The van der Waals surface area contributed by atoms with E-state index in [0.717, 1.165) is 20.2 Å². The van der Waals surface area contributed by atoms with Gasteiger partial charge in [-0.15, -0.1) is 11.3 Å². The van der Waals surface area contributed by atoms with Crippen LogP contribution in [0.4, 0.5) is 13.2 Å². The summed E-state index contributed by atoms with van der Waals surface area (Å²) in [6.45, 7) is 0.673. The van der Waals surface area contributed by atoms with Crippen molar-refractivity contribution in [3.63, 3.8) is 0 Å². The van der Waals surface area contributed by atoms with E-state index in [0.29, 0.717) is 36.2 Å². The second-order valence-corrected chi connectivity index (χ2v) is 9.80. The smallest absolute Gasteiger partial charge is 0.347 e. The van der Waals surface area contributed by atoms with Crippen molar-refractivity contribution in [2.24, 2.45) is 5.73 Å². The zero-order valence-electron chi connectivity index (χ0n) is 16.4. The Morgan fingerprint density at radius 3 is 2.87 bits per heavy atom. The van der Waals surface area contributed by atoms with Crippen LogP contribution in [-0.2, 0) is 25.6 Å². The lowest BCUT2D eigenvalue weighted by atomic mass is 10.1. The molecule has 0 fully saturated rings. The molecule has 3 heterocycles. The van der Waals surface area contributed by atoms with E-state index in [2.05, 4.69) is 33.0 Å². The quantitative estimate of drug-likeness (QED) is 0.453. The van der Waals surface area contributed by atoms with Crippen molar-refractivity contribution in [1.82, 2.24) is 15.1 Å². The first-order chi connectivity index (χ1) is 14.8. The Hall–Kier alpha value is -1.92. The normalized spacial score (nSPS) is 14.5. The number of fused-ring (bicyclic) bond motifs is 3. The fourth-order valence-electron chi connectivity index (χ4n) is 3.76. The van der Waals surface area contributed by atoms with E-state index < -0.39 is 11.7 Å². The number of rotatable bonds is 5. The van der Waals surface area contributed by atoms with Crippen LogP contribution in [0, 0.1) is 3.57 Å². The zero-order chi connectivity index (χ0) is 22.2. The number of nitrogens with zero attached hydrogens (tertiary/aromatic N) is 2. The largest absolute Gasteiger partial charge is 0.420 e. The van der Waals surface area contributed by atoms with Crippen molar-refractivity contribution in [1.29, 1.82) is 0 Å². The number of halogens is 4. The van der Waals surface area contributed by atoms with Gasteiger partial charge in [-0.25, -0.2) is 0 Å². The number of nitrogens with one attached hydrogen (secondary N) is 1. The summed E-state index contributed by atoms with van der Waals surface area (Å²) in [7, 11) is 0. The average Bonchev–Trinajstić information content (AvgIpc) is 3.28. The first-order valence-electron chi connectivity index (χ1n) is 9.77. The van der Waals surface area contributed by atoms with Crippen molar-refractivity contribution in [3.05, 3.63) is 61.0 Å². The van der Waals surface area contributed by atoms with Gasteiger partial charge >= 0.3 is 6.18 Å². The topological polar surface area (TPSA) is 72.9 Å². The third-order valence-corrected chi connectivity index (χ3v) is 7.06. The van der Waals surface area contributed by atoms with E-state index in [1.54, 1.807) is 6.07 Å². The average molecular weight is 560 g/mol. The van der Waals surface area contributed by atoms with Gasteiger partial charge in [0.25, 0.3) is 5.91 Å². The Morgan fingerprint density at radius 1 is 1.35 bits per heavy atom. The van der Waals surface area contributed by atoms with E-state index >= 15 is 0 Å². The number of thiophene rings is 1. The van der Waals surface area contributed by atoms with Crippen LogP contribution >= 0.6 is 33.9 Å². The highest BCUT2D eigenvalue weighted by Gasteiger charge is 2.38. The van der Waals surface area contributed by atoms with E-state index in [4.69, 9.17) is 5.73 Å². The SMILES string of the molecule is NC[C@H](Cc1cccc(I)c1)NC(=O)c1cc2c(s1)CCCn1ncc(C(F)(F)F)c1-2. The molecule has 0 bridgehead atoms. The van der Waals surface area contributed by atoms with Gasteiger partial charge in [-0.1, -0.05) is 12.1 Å². The number of aryl methyl sites for hydroxylation is 2. The number of carbonyl (C=O) groups excluding carboxylic acids is 1. The second kappa shape index (κ2) is 8.91. The maximum atomic E-state index is 13.5. The van der Waals surface area contributed by atoms with Crippen LogP contribution in [-0.4, -0.2) is 28.3 Å². The van der Waals surface area contributed by atoms with E-state index in [-0.39, 0.29) is 24.2 Å². The summed E-state index contributed by atoms with van der Waals surface area (Å²) in [5.74, 6) is -0.321. The van der Waals surface area contributed by atoms with Crippen molar-refractivity contribution < 1.29 is 18.0 Å². The van der Waals surface area contributed by atoms with Crippen molar-refractivity contribution in [3.8, 4) is 11.3 Å². The minimum Gasteiger partial charge on any atom is -0.347 e. The minimum atomic E-state index is -4.50. The molecule has 5 nitrogen and oxygen atoms in total. The number of aromatic nitrogens is 2. The van der Waals surface area contributed by atoms with E-state index in [1.165, 1.54) is 16.0 Å². The molecule has 1 amide bonds. The molecule has 164 valence electrons. The third kappa shape index (κ3) is 4.80. The van der Waals surface area contributed by atoms with Crippen LogP contribution in [0.1, 0.15) is 32.1 Å². The number of hydrogen-bond acceptors (Lipinski definition) is 4. The molecule has 10 heteroatoms. The molecule has 0 unspecified atom stereocenters. The number of amides is 1. The van der Waals surface area contributed by atoms with Crippen molar-refractivity contribution >= 4 is 39.8 Å². The molecule has 1 aromatic carbocycles. The van der Waals surface area contributed by atoms with Gasteiger partial charge in [0, 0.05) is 33.1 Å². The molecule has 0 spiro atoms. The summed E-state index contributed by atoms with van der Waals surface area (Å²) in [5.41, 5.74) is 6.65. The van der Waals surface area contributed by atoms with E-state index in [1.807, 2.05) is 24.3 Å². The highest BCUT2D eigenvalue weighted by Crippen LogP contribution is 2.42. The van der Waals surface area contributed by atoms with Crippen molar-refractivity contribution in [2.75, 3.05) is 6.54 Å². The van der Waals surface area contributed by atoms with E-state index in [9.17, 15) is 18.0 Å². The Labute approximate surface area is 195 Å². The van der Waals surface area contributed by atoms with Gasteiger partial charge in [0.1, 0.15) is 5.56 Å². The molecule has 4 rings (SSSR count). The predicted octanol–water partition coefficient (Wildman–Crippen LogP) is 4.48. The van der Waals surface area contributed by atoms with Gasteiger partial charge in [-0.05, 0) is 65.6 Å². The summed E-state index contributed by atoms with van der Waals surface area (Å²) < 4.78 is 43.0. The lowest BCUT2D eigenvalue weighted by Gasteiger charge is -2.16. The Kier molecular flexibility index (Phi) is 6.40. The van der Waals surface area contributed by atoms with Crippen LogP contribution in [0.2, 0.25) is 0 Å². The second-order valence-electron chi connectivity index (χ2n) is 7.42. The molecular formula is C21H20F3IN4OS. The predicted molar refractivity (Wildman–Crippen MR) is 122 cm³/mol. The van der Waals surface area contributed by atoms with Crippen molar-refractivity contribution in [2.45, 2.75) is 38.0 Å². The molecule has 1 aliphatic heterocycles. The summed E-state index contributed by atoms with van der Waals surface area (Å²) in [4.78, 5) is 14.1. The molecular weight excluding hydrogens is 540 g/mol. The monoisotopic (exact) mass is 560 g/mol. The highest BCUT2D eigenvalue weighted by molar-refractivity contribution is 14.1. The fourth-order valence-corrected chi connectivity index (χ4v) is 5.47. The zero-order valence-corrected chi connectivity index (χ0v) is 19.4. The molecule has 0 saturated carbocycles. The van der Waals surface area contributed by atoms with Gasteiger partial charge in [0.2, 0.25) is 0 Å². The number of alkyl halides is 3. The van der Waals surface area contributed by atoms with Crippen LogP contribution in [0.3, 0.4) is 0 Å². The molecule has 1 atom stereocenters. The maximum absolute atomic E-state index is 13.5. The Bertz CT molecular complexity index is 1110. The molecule has 2 aromatic heterocycles. The van der Waals surface area contributed by atoms with Crippen LogP contribution < -0.4 is 11.1 Å². The third-order valence-electron chi connectivity index (χ3n) is 5.20. The standard InChI is InChI=1S/C21H20F3IN4OS/c22-21(23,24)16-11-27-29-6-2-5-17-15(19(16)29)9-18(31-17)20(30)28-14(10-26)8-12-3-1-4-13(25)7-12/h1,3-4,7,9,11,14H,2,5-6,8,10,26H2,(H,28,30)/t14-/m0/s1. The summed E-state index contributed by atoms with van der Waals surface area (Å²) in [6, 6.07) is 9.22. The maximum Gasteiger partial charge on any atom is 0.420 e. The highest BCUT2D eigenvalue weighted by atomic mass is 127. The minimum absolute atomic E-state index is 0.0459. The van der Waals surface area contributed by atoms with Gasteiger partial charge in [0.05, 0.1) is 16.8 Å². The molecule has 31 heavy (non-hydrogen) atoms. The Balaban J connectivity index is 1.59. The number of carbonyl (C=O) groups is 1. The molecule has 3 N–H and O–H groups in total. The molecule has 0 radical (unpaired) electrons. The lowest BCUT2D eigenvalue weighted by molar-refractivity contribution is -0.137. The molecule has 1 aliphatic rings. The lowest BCUT2D eigenvalue weighted by Crippen LogP contribution is -2.41. The van der Waals surface area contributed by atoms with Gasteiger partial charge < -0.3 is 11.1 Å². The first kappa shape index (κ1) is 22.3. The first-order valence-corrected chi connectivity index (χ1v) is 11.7. The van der Waals surface area contributed by atoms with Gasteiger partial charge in [0.15, 0.2) is 0 Å².